The lowest BCUT2D eigenvalue weighted by molar-refractivity contribution is -0.170. The lowest BCUT2D eigenvalue weighted by Gasteiger charge is -2.33. The molecule has 1 N–H and O–H groups in total. The highest BCUT2D eigenvalue weighted by atomic mass is 16.6. The third-order valence-electron chi connectivity index (χ3n) is 3.30. The van der Waals surface area contributed by atoms with Crippen LogP contribution in [0.1, 0.15) is 39.5 Å². The molecule has 0 bridgehead atoms. The minimum absolute atomic E-state index is 0.0128. The second kappa shape index (κ2) is 7.28. The number of ether oxygens (including phenoxy) is 2. The molecule has 5 nitrogen and oxygen atoms in total. The molecule has 3 unspecified atom stereocenters. The van der Waals surface area contributed by atoms with Crippen LogP contribution in [-0.2, 0) is 19.1 Å². The Hall–Kier alpha value is -1.36. The van der Waals surface area contributed by atoms with Crippen LogP contribution in [0.5, 0.6) is 0 Å². The Balaban J connectivity index is 2.64. The van der Waals surface area contributed by atoms with Crippen LogP contribution >= 0.6 is 0 Å². The van der Waals surface area contributed by atoms with Crippen molar-refractivity contribution in [1.82, 2.24) is 0 Å². The number of hydrogen-bond acceptors (Lipinski definition) is 5. The fourth-order valence-corrected chi connectivity index (χ4v) is 2.10. The maximum atomic E-state index is 11.6. The molecule has 1 aliphatic carbocycles. The quantitative estimate of drug-likeness (QED) is 0.606. The zero-order valence-electron chi connectivity index (χ0n) is 11.6. The van der Waals surface area contributed by atoms with Crippen molar-refractivity contribution in [1.29, 1.82) is 0 Å². The molecule has 5 heteroatoms. The Morgan fingerprint density at radius 3 is 2.53 bits per heavy atom. The highest BCUT2D eigenvalue weighted by Gasteiger charge is 2.34. The van der Waals surface area contributed by atoms with Gasteiger partial charge < -0.3 is 14.6 Å². The van der Waals surface area contributed by atoms with Crippen LogP contribution in [0.4, 0.5) is 0 Å². The fourth-order valence-electron chi connectivity index (χ4n) is 2.10. The van der Waals surface area contributed by atoms with E-state index < -0.39 is 18.7 Å². The van der Waals surface area contributed by atoms with E-state index in [0.29, 0.717) is 25.2 Å². The Morgan fingerprint density at radius 2 is 1.95 bits per heavy atom. The summed E-state index contributed by atoms with van der Waals surface area (Å²) in [5, 5.41) is 8.85. The van der Waals surface area contributed by atoms with Crippen LogP contribution < -0.4 is 0 Å². The van der Waals surface area contributed by atoms with Gasteiger partial charge in [0.2, 0.25) is 0 Å². The summed E-state index contributed by atoms with van der Waals surface area (Å²) in [4.78, 5) is 23.0. The number of carbonyl (C=O) groups is 2. The summed E-state index contributed by atoms with van der Waals surface area (Å²) in [6.45, 7) is 6.79. The predicted octanol–water partition coefficient (Wildman–Crippen LogP) is 1.59. The van der Waals surface area contributed by atoms with Gasteiger partial charge in [-0.25, -0.2) is 4.79 Å². The molecule has 0 amide bonds. The number of hydrogen-bond donors (Lipinski definition) is 1. The average molecular weight is 270 g/mol. The van der Waals surface area contributed by atoms with Gasteiger partial charge in [0.25, 0.3) is 0 Å². The number of rotatable bonds is 5. The molecule has 1 fully saturated rings. The van der Waals surface area contributed by atoms with Crippen molar-refractivity contribution in [3.63, 3.8) is 0 Å². The van der Waals surface area contributed by atoms with Crippen molar-refractivity contribution < 1.29 is 24.2 Å². The summed E-state index contributed by atoms with van der Waals surface area (Å²) in [5.74, 6) is -0.502. The van der Waals surface area contributed by atoms with E-state index in [0.717, 1.165) is 6.42 Å². The van der Waals surface area contributed by atoms with Crippen molar-refractivity contribution >= 4 is 11.9 Å². The van der Waals surface area contributed by atoms with Crippen LogP contribution in [-0.4, -0.2) is 35.9 Å². The second-order valence-electron chi connectivity index (χ2n) is 5.01. The Labute approximate surface area is 113 Å². The summed E-state index contributed by atoms with van der Waals surface area (Å²) in [7, 11) is 0. The van der Waals surface area contributed by atoms with E-state index in [1.807, 2.05) is 0 Å². The highest BCUT2D eigenvalue weighted by Crippen LogP contribution is 2.29. The molecular weight excluding hydrogens is 248 g/mol. The summed E-state index contributed by atoms with van der Waals surface area (Å²) in [5.41, 5.74) is 0.0128. The number of aliphatic hydroxyl groups excluding tert-OH is 1. The zero-order chi connectivity index (χ0) is 14.4. The molecular formula is C14H22O5. The SMILES string of the molecule is C=C(CO)C(=O)OC1CC(C)CCC1OC(=O)CC. The molecule has 0 aromatic carbocycles. The summed E-state index contributed by atoms with van der Waals surface area (Å²) < 4.78 is 10.6. The average Bonchev–Trinajstić information content (AvgIpc) is 2.40. The van der Waals surface area contributed by atoms with Gasteiger partial charge in [0, 0.05) is 6.42 Å². The van der Waals surface area contributed by atoms with Gasteiger partial charge >= 0.3 is 11.9 Å². The van der Waals surface area contributed by atoms with E-state index in [4.69, 9.17) is 14.6 Å². The first-order valence-corrected chi connectivity index (χ1v) is 6.67. The molecule has 0 aromatic rings. The molecule has 0 radical (unpaired) electrons. The predicted molar refractivity (Wildman–Crippen MR) is 69.3 cm³/mol. The third-order valence-corrected chi connectivity index (χ3v) is 3.30. The van der Waals surface area contributed by atoms with Gasteiger partial charge in [-0.1, -0.05) is 20.4 Å². The molecule has 0 heterocycles. The lowest BCUT2D eigenvalue weighted by atomic mass is 9.86. The van der Waals surface area contributed by atoms with Gasteiger partial charge in [0.15, 0.2) is 0 Å². The van der Waals surface area contributed by atoms with E-state index in [2.05, 4.69) is 13.5 Å². The van der Waals surface area contributed by atoms with E-state index in [1.165, 1.54) is 0 Å². The smallest absolute Gasteiger partial charge is 0.336 e. The van der Waals surface area contributed by atoms with Gasteiger partial charge in [0.1, 0.15) is 12.2 Å². The zero-order valence-corrected chi connectivity index (χ0v) is 11.6. The van der Waals surface area contributed by atoms with E-state index >= 15 is 0 Å². The molecule has 3 atom stereocenters. The van der Waals surface area contributed by atoms with Crippen LogP contribution in [0.2, 0.25) is 0 Å². The van der Waals surface area contributed by atoms with Crippen molar-refractivity contribution in [3.05, 3.63) is 12.2 Å². The maximum Gasteiger partial charge on any atom is 0.336 e. The third kappa shape index (κ3) is 4.67. The molecule has 0 saturated heterocycles. The molecule has 0 aromatic heterocycles. The Bertz CT molecular complexity index is 350. The van der Waals surface area contributed by atoms with Crippen LogP contribution in [0.15, 0.2) is 12.2 Å². The highest BCUT2D eigenvalue weighted by molar-refractivity contribution is 5.88. The maximum absolute atomic E-state index is 11.6. The van der Waals surface area contributed by atoms with Gasteiger partial charge in [0.05, 0.1) is 12.2 Å². The second-order valence-corrected chi connectivity index (χ2v) is 5.01. The molecule has 108 valence electrons. The van der Waals surface area contributed by atoms with Gasteiger partial charge in [-0.15, -0.1) is 0 Å². The van der Waals surface area contributed by atoms with Crippen LogP contribution in [0.3, 0.4) is 0 Å². The van der Waals surface area contributed by atoms with Gasteiger partial charge in [-0.3, -0.25) is 4.79 Å². The van der Waals surface area contributed by atoms with Gasteiger partial charge in [-0.2, -0.15) is 0 Å². The molecule has 0 spiro atoms. The molecule has 1 rings (SSSR count). The fraction of sp³-hybridized carbons (Fsp3) is 0.714. The summed E-state index contributed by atoms with van der Waals surface area (Å²) in [6, 6.07) is 0. The summed E-state index contributed by atoms with van der Waals surface area (Å²) >= 11 is 0. The first-order valence-electron chi connectivity index (χ1n) is 6.67. The van der Waals surface area contributed by atoms with Crippen LogP contribution in [0, 0.1) is 5.92 Å². The Morgan fingerprint density at radius 1 is 1.26 bits per heavy atom. The lowest BCUT2D eigenvalue weighted by Crippen LogP contribution is -2.40. The van der Waals surface area contributed by atoms with Crippen molar-refractivity contribution in [2.24, 2.45) is 5.92 Å². The molecule has 19 heavy (non-hydrogen) atoms. The first kappa shape index (κ1) is 15.7. The number of aliphatic hydroxyl groups is 1. The number of carbonyl (C=O) groups excluding carboxylic acids is 2. The van der Waals surface area contributed by atoms with E-state index in [-0.39, 0.29) is 17.6 Å². The number of esters is 2. The standard InChI is InChI=1S/C14H22O5/c1-4-13(16)18-11-6-5-9(2)7-12(11)19-14(17)10(3)8-15/h9,11-12,15H,3-8H2,1-2H3. The van der Waals surface area contributed by atoms with E-state index in [1.54, 1.807) is 6.92 Å². The first-order chi connectivity index (χ1) is 8.97. The molecule has 1 aliphatic rings. The topological polar surface area (TPSA) is 72.8 Å². The minimum Gasteiger partial charge on any atom is -0.458 e. The minimum atomic E-state index is -0.626. The van der Waals surface area contributed by atoms with Crippen molar-refractivity contribution in [2.75, 3.05) is 6.61 Å². The largest absolute Gasteiger partial charge is 0.458 e. The monoisotopic (exact) mass is 270 g/mol. The molecule has 1 saturated carbocycles. The summed E-state index contributed by atoms with van der Waals surface area (Å²) in [6.07, 6.45) is 1.75. The van der Waals surface area contributed by atoms with Crippen LogP contribution in [0.25, 0.3) is 0 Å². The van der Waals surface area contributed by atoms with E-state index in [9.17, 15) is 9.59 Å². The normalized spacial score (nSPS) is 26.6. The van der Waals surface area contributed by atoms with Crippen molar-refractivity contribution in [2.45, 2.75) is 51.7 Å². The van der Waals surface area contributed by atoms with Gasteiger partial charge in [-0.05, 0) is 25.2 Å². The Kier molecular flexibility index (Phi) is 6.02. The van der Waals surface area contributed by atoms with Crippen molar-refractivity contribution in [3.8, 4) is 0 Å². The molecule has 0 aliphatic heterocycles.